The third kappa shape index (κ3) is 7.90. The van der Waals surface area contributed by atoms with Crippen LogP contribution in [0.25, 0.3) is 0 Å². The molecule has 0 spiro atoms. The second-order valence-electron chi connectivity index (χ2n) is 13.4. The number of aromatic hydroxyl groups is 1. The van der Waals surface area contributed by atoms with Crippen LogP contribution in [0.5, 0.6) is 23.0 Å². The number of phenolic OH excluding ortho intramolecular Hbond substituents is 1. The molecule has 3 aliphatic heterocycles. The summed E-state index contributed by atoms with van der Waals surface area (Å²) < 4.78 is 23.8. The number of carbonyl (C=O) groups excluding carboxylic acids is 3. The molecule has 3 aliphatic rings. The lowest BCUT2D eigenvalue weighted by molar-refractivity contribution is -0.136. The van der Waals surface area contributed by atoms with E-state index in [1.54, 1.807) is 24.3 Å². The topological polar surface area (TPSA) is 127 Å². The fraction of sp³-hybridized carbons (Fsp3) is 0.341. The van der Waals surface area contributed by atoms with Gasteiger partial charge in [-0.2, -0.15) is 0 Å². The van der Waals surface area contributed by atoms with Gasteiger partial charge in [0.05, 0.1) is 19.8 Å². The summed E-state index contributed by atoms with van der Waals surface area (Å²) >= 11 is 0. The van der Waals surface area contributed by atoms with Gasteiger partial charge in [-0.05, 0) is 66.6 Å². The molecule has 3 amide bonds. The zero-order valence-corrected chi connectivity index (χ0v) is 29.2. The van der Waals surface area contributed by atoms with Gasteiger partial charge in [-0.1, -0.05) is 48.5 Å². The molecule has 2 unspecified atom stereocenters. The number of imide groups is 1. The summed E-state index contributed by atoms with van der Waals surface area (Å²) in [5, 5.41) is 12.4. The summed E-state index contributed by atoms with van der Waals surface area (Å²) in [6.45, 7) is 4.16. The van der Waals surface area contributed by atoms with Gasteiger partial charge in [-0.3, -0.25) is 19.7 Å². The highest BCUT2D eigenvalue weighted by Gasteiger charge is 2.39. The maximum Gasteiger partial charge on any atom is 0.255 e. The first-order chi connectivity index (χ1) is 25.3. The number of nitrogens with zero attached hydrogens (tertiary/aromatic N) is 2. The second-order valence-corrected chi connectivity index (χ2v) is 13.4. The van der Waals surface area contributed by atoms with Crippen molar-refractivity contribution in [2.24, 2.45) is 0 Å². The Balaban J connectivity index is 0.822. The highest BCUT2D eigenvalue weighted by atomic mass is 16.5. The van der Waals surface area contributed by atoms with Crippen LogP contribution >= 0.6 is 0 Å². The number of fused-ring (bicyclic) bond motifs is 2. The Hall–Kier alpha value is -5.39. The van der Waals surface area contributed by atoms with Crippen molar-refractivity contribution in [3.05, 3.63) is 119 Å². The van der Waals surface area contributed by atoms with Gasteiger partial charge >= 0.3 is 0 Å². The minimum Gasteiger partial charge on any atom is -0.508 e. The summed E-state index contributed by atoms with van der Waals surface area (Å²) in [4.78, 5) is 40.4. The van der Waals surface area contributed by atoms with Crippen LogP contribution in [0.15, 0.2) is 91.0 Å². The zero-order chi connectivity index (χ0) is 36.0. The summed E-state index contributed by atoms with van der Waals surface area (Å²) in [6, 6.07) is 28.7. The van der Waals surface area contributed by atoms with E-state index in [0.29, 0.717) is 57.3 Å². The predicted octanol–water partition coefficient (Wildman–Crippen LogP) is 4.87. The monoisotopic (exact) mass is 705 g/mol. The lowest BCUT2D eigenvalue weighted by atomic mass is 9.76. The van der Waals surface area contributed by atoms with Crippen molar-refractivity contribution in [2.75, 3.05) is 53.2 Å². The quantitative estimate of drug-likeness (QED) is 0.140. The van der Waals surface area contributed by atoms with Crippen molar-refractivity contribution >= 4 is 17.7 Å². The zero-order valence-electron chi connectivity index (χ0n) is 29.2. The molecule has 3 atom stereocenters. The Labute approximate surface area is 303 Å². The first-order valence-electron chi connectivity index (χ1n) is 17.7. The summed E-state index contributed by atoms with van der Waals surface area (Å²) in [5.74, 6) is 1.64. The molecule has 0 radical (unpaired) electrons. The van der Waals surface area contributed by atoms with Gasteiger partial charge in [0.1, 0.15) is 42.3 Å². The molecule has 0 bridgehead atoms. The molecule has 2 N–H and O–H groups in total. The maximum absolute atomic E-state index is 12.9. The fourth-order valence-corrected chi connectivity index (χ4v) is 7.18. The Kier molecular flexibility index (Phi) is 10.7. The van der Waals surface area contributed by atoms with Crippen LogP contribution in [0, 0.1) is 0 Å². The number of nitrogens with one attached hydrogen (secondary N) is 1. The molecule has 1 saturated heterocycles. The number of hydrogen-bond donors (Lipinski definition) is 2. The predicted molar refractivity (Wildman–Crippen MR) is 193 cm³/mol. The third-order valence-corrected chi connectivity index (χ3v) is 9.97. The maximum atomic E-state index is 12.9. The molecule has 3 heterocycles. The number of benzene rings is 4. The van der Waals surface area contributed by atoms with Gasteiger partial charge in [0, 0.05) is 55.1 Å². The van der Waals surface area contributed by atoms with Gasteiger partial charge in [0.2, 0.25) is 11.8 Å². The molecule has 0 saturated carbocycles. The number of likely N-dealkylation sites (N-methyl/N-ethyl adjacent to an activating group) is 1. The van der Waals surface area contributed by atoms with Gasteiger partial charge in [0.25, 0.3) is 5.91 Å². The van der Waals surface area contributed by atoms with E-state index in [1.165, 1.54) is 10.5 Å². The van der Waals surface area contributed by atoms with Crippen LogP contribution in [0.1, 0.15) is 57.3 Å². The average molecular weight is 706 g/mol. The Morgan fingerprint density at radius 3 is 2.42 bits per heavy atom. The smallest absolute Gasteiger partial charge is 0.255 e. The lowest BCUT2D eigenvalue weighted by Crippen LogP contribution is -2.52. The number of rotatable bonds is 14. The SMILES string of the molecule is CN(CCOCCOc1ccc2c(c1)CN(C1CCC(=O)NC1=O)C2=O)CCOc1ccc([C@@H]2c3ccc(O)cc3OCC2c2ccccc2)cc1. The van der Waals surface area contributed by atoms with Crippen molar-refractivity contribution in [3.8, 4) is 23.0 Å². The average Bonchev–Trinajstić information content (AvgIpc) is 3.48. The van der Waals surface area contributed by atoms with E-state index >= 15 is 0 Å². The van der Waals surface area contributed by atoms with Crippen molar-refractivity contribution in [1.82, 2.24) is 15.1 Å². The molecular formula is C41H43N3O8. The lowest BCUT2D eigenvalue weighted by Gasteiger charge is -2.34. The highest BCUT2D eigenvalue weighted by Crippen LogP contribution is 2.47. The van der Waals surface area contributed by atoms with Crippen molar-refractivity contribution in [2.45, 2.75) is 37.3 Å². The van der Waals surface area contributed by atoms with Crippen LogP contribution < -0.4 is 19.5 Å². The molecule has 1 fully saturated rings. The normalized spacial score (nSPS) is 19.5. The fourth-order valence-electron chi connectivity index (χ4n) is 7.18. The summed E-state index contributed by atoms with van der Waals surface area (Å²) in [6.07, 6.45) is 0.556. The summed E-state index contributed by atoms with van der Waals surface area (Å²) in [5.41, 5.74) is 4.79. The molecule has 4 aromatic carbocycles. The first-order valence-corrected chi connectivity index (χ1v) is 17.7. The number of piperidine rings is 1. The molecule has 52 heavy (non-hydrogen) atoms. The van der Waals surface area contributed by atoms with E-state index in [-0.39, 0.29) is 35.8 Å². The van der Waals surface area contributed by atoms with E-state index in [4.69, 9.17) is 18.9 Å². The molecule has 4 aromatic rings. The minimum atomic E-state index is -0.639. The van der Waals surface area contributed by atoms with E-state index < -0.39 is 11.9 Å². The van der Waals surface area contributed by atoms with Crippen LogP contribution in [0.2, 0.25) is 0 Å². The standard InChI is InChI=1S/C41H43N3O8/c1-43(17-19-49-21-22-51-32-12-14-33-29(23-32)25-44(41(33)48)36-15-16-38(46)42-40(36)47)18-20-50-31-10-7-28(8-11-31)39-34-13-9-30(45)24-37(34)52-26-35(39)27-5-3-2-4-6-27/h2-14,23-24,35-36,39,45H,15-22,25-26H2,1H3,(H,42,46,47)/t35?,36?,39-/m1/s1. The first kappa shape index (κ1) is 35.0. The van der Waals surface area contributed by atoms with Crippen molar-refractivity contribution in [3.63, 3.8) is 0 Å². The molecular weight excluding hydrogens is 662 g/mol. The molecule has 0 aliphatic carbocycles. The number of ether oxygens (including phenoxy) is 4. The van der Waals surface area contributed by atoms with Crippen molar-refractivity contribution in [1.29, 1.82) is 0 Å². The number of amides is 3. The highest BCUT2D eigenvalue weighted by molar-refractivity contribution is 6.05. The van der Waals surface area contributed by atoms with Crippen LogP contribution in [-0.2, 0) is 20.9 Å². The molecule has 0 aromatic heterocycles. The summed E-state index contributed by atoms with van der Waals surface area (Å²) in [7, 11) is 2.03. The Morgan fingerprint density at radius 2 is 1.62 bits per heavy atom. The molecule has 270 valence electrons. The van der Waals surface area contributed by atoms with Gasteiger partial charge in [0.15, 0.2) is 0 Å². The van der Waals surface area contributed by atoms with Gasteiger partial charge in [-0.15, -0.1) is 0 Å². The molecule has 7 rings (SSSR count). The van der Waals surface area contributed by atoms with E-state index in [0.717, 1.165) is 41.3 Å². The molecule has 11 heteroatoms. The van der Waals surface area contributed by atoms with E-state index in [9.17, 15) is 19.5 Å². The minimum absolute atomic E-state index is 0.0780. The van der Waals surface area contributed by atoms with Crippen LogP contribution in [0.3, 0.4) is 0 Å². The van der Waals surface area contributed by atoms with Crippen LogP contribution in [0.4, 0.5) is 0 Å². The Bertz CT molecular complexity index is 1900. The third-order valence-electron chi connectivity index (χ3n) is 9.97. The Morgan fingerprint density at radius 1 is 0.846 bits per heavy atom. The van der Waals surface area contributed by atoms with Crippen molar-refractivity contribution < 1.29 is 38.4 Å². The van der Waals surface area contributed by atoms with Gasteiger partial charge in [-0.25, -0.2) is 0 Å². The number of phenols is 1. The number of hydrogen-bond acceptors (Lipinski definition) is 9. The second kappa shape index (κ2) is 15.9. The molecule has 11 nitrogen and oxygen atoms in total. The number of carbonyl (C=O) groups is 3. The van der Waals surface area contributed by atoms with Gasteiger partial charge < -0.3 is 33.9 Å². The van der Waals surface area contributed by atoms with E-state index in [2.05, 4.69) is 46.6 Å². The van der Waals surface area contributed by atoms with Crippen LogP contribution in [-0.4, -0.2) is 91.8 Å². The largest absolute Gasteiger partial charge is 0.508 e. The van der Waals surface area contributed by atoms with E-state index in [1.807, 2.05) is 37.4 Å².